The first-order valence-corrected chi connectivity index (χ1v) is 5.47. The minimum absolute atomic E-state index is 0.198. The van der Waals surface area contributed by atoms with Crippen molar-refractivity contribution in [1.82, 2.24) is 10.3 Å². The molecule has 2 aromatic rings. The summed E-state index contributed by atoms with van der Waals surface area (Å²) in [4.78, 5) is 15.8. The Kier molecular flexibility index (Phi) is 3.67. The van der Waals surface area contributed by atoms with Crippen LogP contribution >= 0.6 is 0 Å². The van der Waals surface area contributed by atoms with Crippen LogP contribution in [-0.2, 0) is 6.54 Å². The molecule has 0 unspecified atom stereocenters. The molecule has 18 heavy (non-hydrogen) atoms. The second-order valence-electron chi connectivity index (χ2n) is 3.74. The first-order chi connectivity index (χ1) is 8.79. The molecule has 0 fully saturated rings. The predicted octanol–water partition coefficient (Wildman–Crippen LogP) is 1.88. The maximum absolute atomic E-state index is 11.8. The fraction of sp³-hybridized carbons (Fsp3) is 0.0714. The molecule has 0 radical (unpaired) electrons. The number of carbonyl (C=O) groups excluding carboxylic acids is 1. The van der Waals surface area contributed by atoms with Crippen LogP contribution in [-0.4, -0.2) is 10.9 Å². The van der Waals surface area contributed by atoms with Gasteiger partial charge in [-0.1, -0.05) is 12.1 Å². The zero-order valence-corrected chi connectivity index (χ0v) is 9.63. The van der Waals surface area contributed by atoms with E-state index in [-0.39, 0.29) is 5.91 Å². The molecule has 2 rings (SSSR count). The minimum Gasteiger partial charge on any atom is -0.348 e. The second kappa shape index (κ2) is 5.60. The molecule has 0 bridgehead atoms. The van der Waals surface area contributed by atoms with Crippen molar-refractivity contribution in [3.05, 3.63) is 65.5 Å². The topological polar surface area (TPSA) is 65.8 Å². The molecular weight excluding hydrogens is 226 g/mol. The van der Waals surface area contributed by atoms with Crippen LogP contribution in [0.1, 0.15) is 21.5 Å². The van der Waals surface area contributed by atoms with Crippen molar-refractivity contribution in [1.29, 1.82) is 5.26 Å². The number of rotatable bonds is 3. The van der Waals surface area contributed by atoms with Gasteiger partial charge in [-0.25, -0.2) is 0 Å². The summed E-state index contributed by atoms with van der Waals surface area (Å²) in [5.74, 6) is -0.198. The predicted molar refractivity (Wildman–Crippen MR) is 66.6 cm³/mol. The van der Waals surface area contributed by atoms with Gasteiger partial charge < -0.3 is 5.32 Å². The quantitative estimate of drug-likeness (QED) is 0.886. The standard InChI is InChI=1S/C14H11N3O/c15-8-11-3-1-5-13(7-11)14(18)17-10-12-4-2-6-16-9-12/h1-7,9H,10H2,(H,17,18). The van der Waals surface area contributed by atoms with Crippen molar-refractivity contribution >= 4 is 5.91 Å². The molecule has 1 aromatic heterocycles. The molecule has 0 spiro atoms. The van der Waals surface area contributed by atoms with Gasteiger partial charge in [0.25, 0.3) is 5.91 Å². The third kappa shape index (κ3) is 2.92. The third-order valence-electron chi connectivity index (χ3n) is 2.43. The lowest BCUT2D eigenvalue weighted by atomic mass is 10.1. The SMILES string of the molecule is N#Cc1cccc(C(=O)NCc2cccnc2)c1. The maximum atomic E-state index is 11.8. The Morgan fingerprint density at radius 1 is 1.33 bits per heavy atom. The first-order valence-electron chi connectivity index (χ1n) is 5.47. The van der Waals surface area contributed by atoms with E-state index in [2.05, 4.69) is 10.3 Å². The van der Waals surface area contributed by atoms with Crippen molar-refractivity contribution in [2.75, 3.05) is 0 Å². The number of pyridine rings is 1. The summed E-state index contributed by atoms with van der Waals surface area (Å²) in [6.07, 6.45) is 3.38. The van der Waals surface area contributed by atoms with Gasteiger partial charge in [0.1, 0.15) is 0 Å². The normalized spacial score (nSPS) is 9.50. The van der Waals surface area contributed by atoms with E-state index in [1.54, 1.807) is 36.7 Å². The molecule has 4 nitrogen and oxygen atoms in total. The second-order valence-corrected chi connectivity index (χ2v) is 3.74. The van der Waals surface area contributed by atoms with Crippen molar-refractivity contribution < 1.29 is 4.79 Å². The zero-order chi connectivity index (χ0) is 12.8. The van der Waals surface area contributed by atoms with Crippen molar-refractivity contribution in [2.24, 2.45) is 0 Å². The molecule has 0 aliphatic heterocycles. The number of nitriles is 1. The molecular formula is C14H11N3O. The first kappa shape index (κ1) is 11.8. The fourth-order valence-corrected chi connectivity index (χ4v) is 1.52. The van der Waals surface area contributed by atoms with Crippen LogP contribution in [0.3, 0.4) is 0 Å². The average Bonchev–Trinajstić information content (AvgIpc) is 2.46. The van der Waals surface area contributed by atoms with Crippen LogP contribution < -0.4 is 5.32 Å². The lowest BCUT2D eigenvalue weighted by Gasteiger charge is -2.05. The van der Waals surface area contributed by atoms with Gasteiger partial charge in [-0.05, 0) is 29.8 Å². The van der Waals surface area contributed by atoms with E-state index in [0.717, 1.165) is 5.56 Å². The smallest absolute Gasteiger partial charge is 0.251 e. The Bertz CT molecular complexity index is 587. The van der Waals surface area contributed by atoms with Gasteiger partial charge in [0.15, 0.2) is 0 Å². The highest BCUT2D eigenvalue weighted by atomic mass is 16.1. The molecule has 4 heteroatoms. The molecule has 0 saturated heterocycles. The largest absolute Gasteiger partial charge is 0.348 e. The van der Waals surface area contributed by atoms with Gasteiger partial charge >= 0.3 is 0 Å². The molecule has 0 saturated carbocycles. The number of nitrogens with one attached hydrogen (secondary N) is 1. The van der Waals surface area contributed by atoms with Gasteiger partial charge in [-0.15, -0.1) is 0 Å². The molecule has 1 N–H and O–H groups in total. The van der Waals surface area contributed by atoms with Gasteiger partial charge in [-0.3, -0.25) is 9.78 Å². The van der Waals surface area contributed by atoms with E-state index < -0.39 is 0 Å². The van der Waals surface area contributed by atoms with E-state index in [1.807, 2.05) is 18.2 Å². The molecule has 1 aromatic carbocycles. The molecule has 1 heterocycles. The summed E-state index contributed by atoms with van der Waals surface area (Å²) in [5, 5.41) is 11.5. The molecule has 88 valence electrons. The fourth-order valence-electron chi connectivity index (χ4n) is 1.52. The summed E-state index contributed by atoms with van der Waals surface area (Å²) in [7, 11) is 0. The molecule has 0 aliphatic carbocycles. The minimum atomic E-state index is -0.198. The van der Waals surface area contributed by atoms with Gasteiger partial charge in [0.05, 0.1) is 11.6 Å². The molecule has 1 amide bonds. The summed E-state index contributed by atoms with van der Waals surface area (Å²) in [6.45, 7) is 0.420. The average molecular weight is 237 g/mol. The summed E-state index contributed by atoms with van der Waals surface area (Å²) >= 11 is 0. The maximum Gasteiger partial charge on any atom is 0.251 e. The Morgan fingerprint density at radius 3 is 2.94 bits per heavy atom. The monoisotopic (exact) mass is 237 g/mol. The number of amides is 1. The van der Waals surface area contributed by atoms with E-state index >= 15 is 0 Å². The van der Waals surface area contributed by atoms with Crippen LogP contribution in [0.4, 0.5) is 0 Å². The number of hydrogen-bond donors (Lipinski definition) is 1. The van der Waals surface area contributed by atoms with Crippen molar-refractivity contribution in [2.45, 2.75) is 6.54 Å². The van der Waals surface area contributed by atoms with Crippen LogP contribution in [0.15, 0.2) is 48.8 Å². The number of nitrogens with zero attached hydrogens (tertiary/aromatic N) is 2. The summed E-state index contributed by atoms with van der Waals surface area (Å²) in [6, 6.07) is 12.3. The number of aromatic nitrogens is 1. The summed E-state index contributed by atoms with van der Waals surface area (Å²) < 4.78 is 0. The molecule has 0 aliphatic rings. The lowest BCUT2D eigenvalue weighted by Crippen LogP contribution is -2.22. The highest BCUT2D eigenvalue weighted by Gasteiger charge is 2.05. The lowest BCUT2D eigenvalue weighted by molar-refractivity contribution is 0.0951. The number of carbonyl (C=O) groups is 1. The number of hydrogen-bond acceptors (Lipinski definition) is 3. The van der Waals surface area contributed by atoms with Crippen LogP contribution in [0.2, 0.25) is 0 Å². The summed E-state index contributed by atoms with van der Waals surface area (Å²) in [5.41, 5.74) is 1.89. The van der Waals surface area contributed by atoms with Gasteiger partial charge in [0, 0.05) is 24.5 Å². The Hall–Kier alpha value is -2.67. The van der Waals surface area contributed by atoms with E-state index in [1.165, 1.54) is 0 Å². The number of benzene rings is 1. The van der Waals surface area contributed by atoms with Gasteiger partial charge in [0.2, 0.25) is 0 Å². The Labute approximate surface area is 105 Å². The van der Waals surface area contributed by atoms with Crippen LogP contribution in [0, 0.1) is 11.3 Å². The van der Waals surface area contributed by atoms with E-state index in [0.29, 0.717) is 17.7 Å². The van der Waals surface area contributed by atoms with Crippen molar-refractivity contribution in [3.8, 4) is 6.07 Å². The third-order valence-corrected chi connectivity index (χ3v) is 2.43. The van der Waals surface area contributed by atoms with Crippen LogP contribution in [0.5, 0.6) is 0 Å². The molecule has 0 atom stereocenters. The van der Waals surface area contributed by atoms with Crippen LogP contribution in [0.25, 0.3) is 0 Å². The highest BCUT2D eigenvalue weighted by molar-refractivity contribution is 5.94. The Balaban J connectivity index is 2.02. The highest BCUT2D eigenvalue weighted by Crippen LogP contribution is 2.04. The van der Waals surface area contributed by atoms with E-state index in [9.17, 15) is 4.79 Å². The zero-order valence-electron chi connectivity index (χ0n) is 9.63. The van der Waals surface area contributed by atoms with Gasteiger partial charge in [-0.2, -0.15) is 5.26 Å². The van der Waals surface area contributed by atoms with E-state index in [4.69, 9.17) is 5.26 Å². The Morgan fingerprint density at radius 2 is 2.22 bits per heavy atom. The van der Waals surface area contributed by atoms with Crippen molar-refractivity contribution in [3.63, 3.8) is 0 Å².